The van der Waals surface area contributed by atoms with Gasteiger partial charge in [0.1, 0.15) is 11.3 Å². The number of fused-ring (bicyclic) bond motifs is 2. The van der Waals surface area contributed by atoms with Crippen LogP contribution in [0, 0.1) is 5.95 Å². The summed E-state index contributed by atoms with van der Waals surface area (Å²) in [7, 11) is 0. The molecule has 2 N–H and O–H groups in total. The number of aromatic nitrogens is 5. The third-order valence-corrected chi connectivity index (χ3v) is 4.19. The third kappa shape index (κ3) is 2.38. The van der Waals surface area contributed by atoms with Gasteiger partial charge in [0.25, 0.3) is 0 Å². The van der Waals surface area contributed by atoms with Crippen molar-refractivity contribution in [3.05, 3.63) is 42.9 Å². The lowest BCUT2D eigenvalue weighted by atomic mass is 10.1. The lowest BCUT2D eigenvalue weighted by molar-refractivity contribution is 0.573. The first-order valence-corrected chi connectivity index (χ1v) is 7.89. The molecule has 24 heavy (non-hydrogen) atoms. The van der Waals surface area contributed by atoms with Gasteiger partial charge in [0, 0.05) is 41.1 Å². The summed E-state index contributed by atoms with van der Waals surface area (Å²) >= 11 is 0. The SMILES string of the molecule is CC[C@H](C)Nc1ncc2c(-c3ccc4ncc(F)n4c3)c[nH]c2n1. The molecule has 0 radical (unpaired) electrons. The number of aromatic amines is 1. The van der Waals surface area contributed by atoms with Crippen LogP contribution in [0.2, 0.25) is 0 Å². The maximum Gasteiger partial charge on any atom is 0.224 e. The zero-order valence-electron chi connectivity index (χ0n) is 13.4. The van der Waals surface area contributed by atoms with Crippen LogP contribution in [0.4, 0.5) is 10.3 Å². The van der Waals surface area contributed by atoms with Crippen molar-refractivity contribution < 1.29 is 4.39 Å². The lowest BCUT2D eigenvalue weighted by Gasteiger charge is -2.10. The van der Waals surface area contributed by atoms with Crippen molar-refractivity contribution in [1.82, 2.24) is 24.3 Å². The quantitative estimate of drug-likeness (QED) is 0.601. The van der Waals surface area contributed by atoms with Gasteiger partial charge in [-0.05, 0) is 25.5 Å². The van der Waals surface area contributed by atoms with Crippen LogP contribution in [0.1, 0.15) is 20.3 Å². The maximum absolute atomic E-state index is 13.7. The Hall–Kier alpha value is -2.96. The van der Waals surface area contributed by atoms with Crippen molar-refractivity contribution in [3.63, 3.8) is 0 Å². The standard InChI is InChI=1S/C17H17FN6/c1-3-10(2)22-17-21-7-13-12(6-20-16(13)23-17)11-4-5-15-19-8-14(18)24(15)9-11/h4-10H,3H2,1-2H3,(H2,20,21,22,23)/t10-/m0/s1. The Balaban J connectivity index is 1.77. The molecule has 0 aromatic carbocycles. The van der Waals surface area contributed by atoms with E-state index in [1.807, 2.05) is 12.3 Å². The predicted molar refractivity (Wildman–Crippen MR) is 91.4 cm³/mol. The number of imidazole rings is 1. The van der Waals surface area contributed by atoms with E-state index in [-0.39, 0.29) is 5.95 Å². The smallest absolute Gasteiger partial charge is 0.224 e. The average molecular weight is 324 g/mol. The summed E-state index contributed by atoms with van der Waals surface area (Å²) in [6.45, 7) is 4.19. The van der Waals surface area contributed by atoms with Gasteiger partial charge in [0.2, 0.25) is 11.9 Å². The fourth-order valence-electron chi connectivity index (χ4n) is 2.65. The Labute approximate surface area is 137 Å². The molecule has 0 aliphatic rings. The largest absolute Gasteiger partial charge is 0.352 e. The molecule has 0 aliphatic carbocycles. The monoisotopic (exact) mass is 324 g/mol. The maximum atomic E-state index is 13.7. The summed E-state index contributed by atoms with van der Waals surface area (Å²) < 4.78 is 15.2. The van der Waals surface area contributed by atoms with E-state index in [1.54, 1.807) is 18.5 Å². The molecular formula is C17H17FN6. The van der Waals surface area contributed by atoms with Crippen molar-refractivity contribution >= 4 is 22.6 Å². The van der Waals surface area contributed by atoms with Gasteiger partial charge in [-0.2, -0.15) is 9.37 Å². The lowest BCUT2D eigenvalue weighted by Crippen LogP contribution is -2.15. The van der Waals surface area contributed by atoms with Crippen molar-refractivity contribution in [2.45, 2.75) is 26.3 Å². The summed E-state index contributed by atoms with van der Waals surface area (Å²) in [5.41, 5.74) is 3.12. The van der Waals surface area contributed by atoms with Crippen molar-refractivity contribution in [3.8, 4) is 11.1 Å². The van der Waals surface area contributed by atoms with Crippen LogP contribution in [-0.4, -0.2) is 30.4 Å². The van der Waals surface area contributed by atoms with E-state index < -0.39 is 0 Å². The molecule has 1 atom stereocenters. The summed E-state index contributed by atoms with van der Waals surface area (Å²) in [4.78, 5) is 16.1. The van der Waals surface area contributed by atoms with Gasteiger partial charge >= 0.3 is 0 Å². The van der Waals surface area contributed by atoms with Crippen molar-refractivity contribution in [2.24, 2.45) is 0 Å². The van der Waals surface area contributed by atoms with Crippen LogP contribution in [0.25, 0.3) is 27.8 Å². The predicted octanol–water partition coefficient (Wildman–Crippen LogP) is 3.62. The molecule has 4 rings (SSSR count). The number of hydrogen-bond acceptors (Lipinski definition) is 4. The van der Waals surface area contributed by atoms with E-state index in [9.17, 15) is 4.39 Å². The number of H-pyrrole nitrogens is 1. The molecule has 4 aromatic heterocycles. The molecule has 0 aliphatic heterocycles. The number of halogens is 1. The molecule has 0 fully saturated rings. The first-order valence-electron chi connectivity index (χ1n) is 7.89. The van der Waals surface area contributed by atoms with Crippen LogP contribution in [0.15, 0.2) is 36.9 Å². The second kappa shape index (κ2) is 5.59. The zero-order valence-corrected chi connectivity index (χ0v) is 13.4. The number of anilines is 1. The molecule has 0 spiro atoms. The molecule has 0 amide bonds. The van der Waals surface area contributed by atoms with E-state index >= 15 is 0 Å². The third-order valence-electron chi connectivity index (χ3n) is 4.19. The molecule has 0 bridgehead atoms. The first-order chi connectivity index (χ1) is 11.7. The van der Waals surface area contributed by atoms with Gasteiger partial charge in [-0.25, -0.2) is 9.97 Å². The van der Waals surface area contributed by atoms with E-state index in [2.05, 4.69) is 39.1 Å². The van der Waals surface area contributed by atoms with E-state index in [4.69, 9.17) is 0 Å². The summed E-state index contributed by atoms with van der Waals surface area (Å²) in [6.07, 6.45) is 7.58. The molecule has 0 saturated carbocycles. The van der Waals surface area contributed by atoms with Gasteiger partial charge in [0.15, 0.2) is 0 Å². The minimum absolute atomic E-state index is 0.309. The Morgan fingerprint density at radius 3 is 3.00 bits per heavy atom. The highest BCUT2D eigenvalue weighted by atomic mass is 19.1. The molecule has 122 valence electrons. The van der Waals surface area contributed by atoms with Gasteiger partial charge in [-0.1, -0.05) is 6.92 Å². The van der Waals surface area contributed by atoms with Crippen LogP contribution < -0.4 is 5.32 Å². The highest BCUT2D eigenvalue weighted by Gasteiger charge is 2.11. The van der Waals surface area contributed by atoms with E-state index in [0.29, 0.717) is 17.6 Å². The number of rotatable bonds is 4. The Kier molecular flexibility index (Phi) is 3.41. The molecule has 0 unspecified atom stereocenters. The number of pyridine rings is 1. The van der Waals surface area contributed by atoms with Gasteiger partial charge in [0.05, 0.1) is 6.20 Å². The molecule has 6 nitrogen and oxygen atoms in total. The number of nitrogens with zero attached hydrogens (tertiary/aromatic N) is 4. The fourth-order valence-corrected chi connectivity index (χ4v) is 2.65. The van der Waals surface area contributed by atoms with Gasteiger partial charge in [-0.3, -0.25) is 4.40 Å². The van der Waals surface area contributed by atoms with Gasteiger partial charge in [-0.15, -0.1) is 0 Å². The first kappa shape index (κ1) is 14.6. The van der Waals surface area contributed by atoms with Gasteiger partial charge < -0.3 is 10.3 Å². The Morgan fingerprint density at radius 2 is 2.17 bits per heavy atom. The highest BCUT2D eigenvalue weighted by Crippen LogP contribution is 2.28. The molecule has 7 heteroatoms. The van der Waals surface area contributed by atoms with Crippen LogP contribution in [0.3, 0.4) is 0 Å². The topological polar surface area (TPSA) is 70.9 Å². The van der Waals surface area contributed by atoms with Crippen molar-refractivity contribution in [1.29, 1.82) is 0 Å². The summed E-state index contributed by atoms with van der Waals surface area (Å²) in [5, 5.41) is 4.15. The summed E-state index contributed by atoms with van der Waals surface area (Å²) in [5.74, 6) is 0.212. The fraction of sp³-hybridized carbons (Fsp3) is 0.235. The van der Waals surface area contributed by atoms with E-state index in [1.165, 1.54) is 10.6 Å². The number of hydrogen-bond donors (Lipinski definition) is 2. The van der Waals surface area contributed by atoms with E-state index in [0.717, 1.165) is 28.6 Å². The van der Waals surface area contributed by atoms with Crippen LogP contribution >= 0.6 is 0 Å². The average Bonchev–Trinajstić information content (AvgIpc) is 3.18. The molecule has 4 heterocycles. The Bertz CT molecular complexity index is 1020. The minimum atomic E-state index is -0.386. The second-order valence-electron chi connectivity index (χ2n) is 5.84. The van der Waals surface area contributed by atoms with Crippen LogP contribution in [-0.2, 0) is 0 Å². The molecule has 0 saturated heterocycles. The zero-order chi connectivity index (χ0) is 16.7. The molecular weight excluding hydrogens is 307 g/mol. The van der Waals surface area contributed by atoms with Crippen LogP contribution in [0.5, 0.6) is 0 Å². The van der Waals surface area contributed by atoms with Crippen molar-refractivity contribution in [2.75, 3.05) is 5.32 Å². The molecule has 4 aromatic rings. The minimum Gasteiger partial charge on any atom is -0.352 e. The number of nitrogens with one attached hydrogen (secondary N) is 2. The highest BCUT2D eigenvalue weighted by molar-refractivity contribution is 5.93. The second-order valence-corrected chi connectivity index (χ2v) is 5.84. The summed E-state index contributed by atoms with van der Waals surface area (Å²) in [6, 6.07) is 4.01. The normalized spacial score (nSPS) is 12.8. The Morgan fingerprint density at radius 1 is 1.29 bits per heavy atom.